The van der Waals surface area contributed by atoms with Crippen LogP contribution in [0.5, 0.6) is 5.75 Å². The number of hydrogen-bond donors (Lipinski definition) is 1. The van der Waals surface area contributed by atoms with Gasteiger partial charge in [0.15, 0.2) is 0 Å². The normalized spacial score (nSPS) is 23.1. The topological polar surface area (TPSA) is 24.5 Å². The zero-order valence-electron chi connectivity index (χ0n) is 9.70. The van der Waals surface area contributed by atoms with E-state index in [1.54, 1.807) is 7.11 Å². The van der Waals surface area contributed by atoms with E-state index in [9.17, 15) is 0 Å². The van der Waals surface area contributed by atoms with Crippen LogP contribution in [-0.4, -0.2) is 26.2 Å². The molecule has 1 atom stereocenters. The van der Waals surface area contributed by atoms with Gasteiger partial charge in [-0.15, -0.1) is 0 Å². The molecule has 3 rings (SSSR count). The molecule has 1 fully saturated rings. The number of methoxy groups -OCH3 is 1. The van der Waals surface area contributed by atoms with Crippen molar-refractivity contribution in [3.8, 4) is 5.75 Å². The first-order valence-corrected chi connectivity index (χ1v) is 6.07. The fraction of sp³-hybridized carbons (Fsp3) is 0.538. The van der Waals surface area contributed by atoms with Gasteiger partial charge in [0, 0.05) is 25.2 Å². The summed E-state index contributed by atoms with van der Waals surface area (Å²) < 4.78 is 5.32. The quantitative estimate of drug-likeness (QED) is 0.783. The number of fused-ring (bicyclic) bond motifs is 3. The molecule has 0 saturated carbocycles. The predicted octanol–water partition coefficient (Wildman–Crippen LogP) is 2.48. The summed E-state index contributed by atoms with van der Waals surface area (Å²) >= 11 is 0. The number of anilines is 2. The first kappa shape index (κ1) is 9.82. The molecule has 16 heavy (non-hydrogen) atoms. The van der Waals surface area contributed by atoms with Crippen molar-refractivity contribution < 1.29 is 4.74 Å². The second-order valence-corrected chi connectivity index (χ2v) is 4.59. The van der Waals surface area contributed by atoms with Crippen LogP contribution in [0.2, 0.25) is 0 Å². The molecule has 2 aliphatic rings. The van der Waals surface area contributed by atoms with Crippen LogP contribution in [0.1, 0.15) is 19.3 Å². The van der Waals surface area contributed by atoms with Gasteiger partial charge < -0.3 is 15.0 Å². The Morgan fingerprint density at radius 1 is 1.38 bits per heavy atom. The Labute approximate surface area is 96.4 Å². The van der Waals surface area contributed by atoms with Crippen LogP contribution >= 0.6 is 0 Å². The highest BCUT2D eigenvalue weighted by Crippen LogP contribution is 2.37. The van der Waals surface area contributed by atoms with Crippen molar-refractivity contribution in [3.63, 3.8) is 0 Å². The van der Waals surface area contributed by atoms with Gasteiger partial charge in [-0.1, -0.05) is 0 Å². The highest BCUT2D eigenvalue weighted by molar-refractivity contribution is 5.73. The van der Waals surface area contributed by atoms with Gasteiger partial charge in [0.1, 0.15) is 5.75 Å². The molecule has 1 N–H and O–H groups in total. The maximum atomic E-state index is 5.32. The van der Waals surface area contributed by atoms with Crippen LogP contribution in [-0.2, 0) is 0 Å². The van der Waals surface area contributed by atoms with Crippen molar-refractivity contribution in [3.05, 3.63) is 18.2 Å². The number of benzene rings is 1. The molecule has 1 saturated heterocycles. The second-order valence-electron chi connectivity index (χ2n) is 4.59. The summed E-state index contributed by atoms with van der Waals surface area (Å²) in [7, 11) is 1.73. The molecule has 1 aromatic rings. The van der Waals surface area contributed by atoms with Crippen LogP contribution in [0.4, 0.5) is 11.4 Å². The molecule has 2 aliphatic heterocycles. The third kappa shape index (κ3) is 1.51. The summed E-state index contributed by atoms with van der Waals surface area (Å²) in [5.74, 6) is 0.952. The van der Waals surface area contributed by atoms with Crippen molar-refractivity contribution in [2.75, 3.05) is 30.4 Å². The van der Waals surface area contributed by atoms with Crippen molar-refractivity contribution in [1.29, 1.82) is 0 Å². The molecule has 0 amide bonds. The summed E-state index contributed by atoms with van der Waals surface area (Å²) in [5.41, 5.74) is 2.57. The molecule has 2 heterocycles. The molecular formula is C13H18N2O. The molecule has 86 valence electrons. The van der Waals surface area contributed by atoms with Crippen molar-refractivity contribution >= 4 is 11.4 Å². The van der Waals surface area contributed by atoms with Gasteiger partial charge in [-0.25, -0.2) is 0 Å². The maximum Gasteiger partial charge on any atom is 0.121 e. The van der Waals surface area contributed by atoms with Gasteiger partial charge in [0.25, 0.3) is 0 Å². The summed E-state index contributed by atoms with van der Waals surface area (Å²) in [6.07, 6.45) is 3.90. The zero-order valence-corrected chi connectivity index (χ0v) is 9.70. The van der Waals surface area contributed by atoms with E-state index in [1.807, 2.05) is 6.07 Å². The Kier molecular flexibility index (Phi) is 2.39. The van der Waals surface area contributed by atoms with Crippen molar-refractivity contribution in [2.24, 2.45) is 0 Å². The smallest absolute Gasteiger partial charge is 0.121 e. The van der Waals surface area contributed by atoms with E-state index in [1.165, 1.54) is 37.2 Å². The van der Waals surface area contributed by atoms with E-state index in [4.69, 9.17) is 4.74 Å². The van der Waals surface area contributed by atoms with Gasteiger partial charge in [-0.05, 0) is 31.4 Å². The molecule has 3 heteroatoms. The highest BCUT2D eigenvalue weighted by atomic mass is 16.5. The van der Waals surface area contributed by atoms with E-state index in [2.05, 4.69) is 22.3 Å². The summed E-state index contributed by atoms with van der Waals surface area (Å²) in [4.78, 5) is 2.54. The van der Waals surface area contributed by atoms with Crippen molar-refractivity contribution in [1.82, 2.24) is 0 Å². The summed E-state index contributed by atoms with van der Waals surface area (Å²) in [6.45, 7) is 2.27. The van der Waals surface area contributed by atoms with Crippen LogP contribution in [0.25, 0.3) is 0 Å². The highest BCUT2D eigenvalue weighted by Gasteiger charge is 2.28. The third-order valence-corrected chi connectivity index (χ3v) is 3.68. The van der Waals surface area contributed by atoms with Gasteiger partial charge in [0.05, 0.1) is 18.5 Å². The molecule has 0 radical (unpaired) electrons. The third-order valence-electron chi connectivity index (χ3n) is 3.68. The zero-order chi connectivity index (χ0) is 11.0. The lowest BCUT2D eigenvalue weighted by molar-refractivity contribution is 0.415. The molecule has 0 aliphatic carbocycles. The first-order chi connectivity index (χ1) is 7.88. The largest absolute Gasteiger partial charge is 0.497 e. The molecule has 0 spiro atoms. The first-order valence-electron chi connectivity index (χ1n) is 6.07. The number of rotatable bonds is 1. The molecule has 0 aromatic heterocycles. The number of hydrogen-bond acceptors (Lipinski definition) is 3. The van der Waals surface area contributed by atoms with E-state index in [0.29, 0.717) is 0 Å². The Morgan fingerprint density at radius 2 is 2.31 bits per heavy atom. The minimum Gasteiger partial charge on any atom is -0.497 e. The van der Waals surface area contributed by atoms with E-state index in [-0.39, 0.29) is 0 Å². The Bertz CT molecular complexity index is 392. The second kappa shape index (κ2) is 3.89. The van der Waals surface area contributed by atoms with Gasteiger partial charge >= 0.3 is 0 Å². The number of nitrogens with zero attached hydrogens (tertiary/aromatic N) is 1. The number of ether oxygens (including phenoxy) is 1. The van der Waals surface area contributed by atoms with Crippen LogP contribution < -0.4 is 15.0 Å². The Hall–Kier alpha value is -1.38. The lowest BCUT2D eigenvalue weighted by Crippen LogP contribution is -2.28. The van der Waals surface area contributed by atoms with Crippen LogP contribution in [0.3, 0.4) is 0 Å². The lowest BCUT2D eigenvalue weighted by atomic mass is 10.1. The molecule has 3 nitrogen and oxygen atoms in total. The Balaban J connectivity index is 2.03. The van der Waals surface area contributed by atoms with E-state index >= 15 is 0 Å². The maximum absolute atomic E-state index is 5.32. The molecule has 1 unspecified atom stereocenters. The van der Waals surface area contributed by atoms with E-state index in [0.717, 1.165) is 18.3 Å². The SMILES string of the molecule is COc1ccc2c(c1)N1CCCC1CCN2. The number of nitrogens with one attached hydrogen (secondary N) is 1. The Morgan fingerprint density at radius 3 is 3.19 bits per heavy atom. The average molecular weight is 218 g/mol. The summed E-state index contributed by atoms with van der Waals surface area (Å²) in [5, 5.41) is 3.51. The van der Waals surface area contributed by atoms with Crippen LogP contribution in [0.15, 0.2) is 18.2 Å². The minimum atomic E-state index is 0.723. The fourth-order valence-corrected chi connectivity index (χ4v) is 2.85. The molecular weight excluding hydrogens is 200 g/mol. The van der Waals surface area contributed by atoms with E-state index < -0.39 is 0 Å². The monoisotopic (exact) mass is 218 g/mol. The van der Waals surface area contributed by atoms with Gasteiger partial charge in [-0.3, -0.25) is 0 Å². The summed E-state index contributed by atoms with van der Waals surface area (Å²) in [6, 6.07) is 7.05. The van der Waals surface area contributed by atoms with Gasteiger partial charge in [-0.2, -0.15) is 0 Å². The lowest BCUT2D eigenvalue weighted by Gasteiger charge is -2.25. The fourth-order valence-electron chi connectivity index (χ4n) is 2.85. The van der Waals surface area contributed by atoms with Crippen molar-refractivity contribution in [2.45, 2.75) is 25.3 Å². The van der Waals surface area contributed by atoms with Crippen LogP contribution in [0, 0.1) is 0 Å². The minimum absolute atomic E-state index is 0.723. The molecule has 0 bridgehead atoms. The molecule has 1 aromatic carbocycles. The predicted molar refractivity (Wildman–Crippen MR) is 66.5 cm³/mol. The standard InChI is InChI=1S/C13H18N2O/c1-16-11-4-5-12-13(9-11)15-8-2-3-10(15)6-7-14-12/h4-5,9-10,14H,2-3,6-8H2,1H3. The average Bonchev–Trinajstić information content (AvgIpc) is 2.71. The van der Waals surface area contributed by atoms with Gasteiger partial charge in [0.2, 0.25) is 0 Å².